The molecule has 10 heteroatoms. The zero-order chi connectivity index (χ0) is 24.5. The van der Waals surface area contributed by atoms with Gasteiger partial charge in [-0.2, -0.15) is 5.26 Å². The van der Waals surface area contributed by atoms with E-state index in [1.165, 1.54) is 28.9 Å². The monoisotopic (exact) mass is 474 g/mol. The van der Waals surface area contributed by atoms with Crippen LogP contribution in [0.4, 0.5) is 20.4 Å². The molecule has 0 bridgehead atoms. The van der Waals surface area contributed by atoms with Crippen LogP contribution in [-0.2, 0) is 0 Å². The molecule has 4 heterocycles. The number of nitrogens with one attached hydrogen (secondary N) is 2. The third-order valence-corrected chi connectivity index (χ3v) is 6.12. The molecule has 0 radical (unpaired) electrons. The average molecular weight is 475 g/mol. The molecule has 1 atom stereocenters. The Kier molecular flexibility index (Phi) is 6.01. The number of alkyl halides is 2. The van der Waals surface area contributed by atoms with Crippen molar-refractivity contribution < 1.29 is 8.78 Å². The van der Waals surface area contributed by atoms with Gasteiger partial charge in [0.1, 0.15) is 17.4 Å². The van der Waals surface area contributed by atoms with Gasteiger partial charge < -0.3 is 15.5 Å². The number of imidazole rings is 1. The van der Waals surface area contributed by atoms with E-state index in [2.05, 4.69) is 49.7 Å². The van der Waals surface area contributed by atoms with Gasteiger partial charge in [0.15, 0.2) is 0 Å². The number of fused-ring (bicyclic) bond motifs is 1. The molecular weight excluding hydrogens is 450 g/mol. The lowest BCUT2D eigenvalue weighted by atomic mass is 10.1. The van der Waals surface area contributed by atoms with Crippen molar-refractivity contribution in [2.24, 2.45) is 0 Å². The number of nitriles is 1. The number of nitrogens with zero attached hydrogens (tertiary/aromatic N) is 6. The summed E-state index contributed by atoms with van der Waals surface area (Å²) >= 11 is 0. The van der Waals surface area contributed by atoms with Crippen molar-refractivity contribution >= 4 is 17.3 Å². The van der Waals surface area contributed by atoms with Crippen LogP contribution in [0.15, 0.2) is 55.0 Å². The molecule has 1 aromatic carbocycles. The van der Waals surface area contributed by atoms with E-state index in [0.29, 0.717) is 23.4 Å². The SMILES string of the molecule is C[C@H](Nc1ncc(C#N)c(-c2cnc3c(C(F)F)cccn23)n1)c1cccc(NC2CN(C)C2)c1. The normalized spacial score (nSPS) is 15.1. The Bertz CT molecular complexity index is 1400. The number of likely N-dealkylation sites (tertiary alicyclic amines) is 1. The van der Waals surface area contributed by atoms with E-state index in [4.69, 9.17) is 0 Å². The van der Waals surface area contributed by atoms with E-state index in [-0.39, 0.29) is 22.8 Å². The molecule has 0 unspecified atom stereocenters. The molecule has 1 fully saturated rings. The Labute approximate surface area is 201 Å². The van der Waals surface area contributed by atoms with Crippen molar-refractivity contribution in [2.75, 3.05) is 30.8 Å². The fraction of sp³-hybridized carbons (Fsp3) is 0.280. The zero-order valence-corrected chi connectivity index (χ0v) is 19.3. The summed E-state index contributed by atoms with van der Waals surface area (Å²) in [5, 5.41) is 16.4. The van der Waals surface area contributed by atoms with Gasteiger partial charge in [-0.05, 0) is 43.8 Å². The molecule has 8 nitrogen and oxygen atoms in total. The number of rotatable bonds is 7. The molecule has 0 amide bonds. The summed E-state index contributed by atoms with van der Waals surface area (Å²) in [5.41, 5.74) is 3.04. The summed E-state index contributed by atoms with van der Waals surface area (Å²) in [7, 11) is 2.09. The first-order valence-electron chi connectivity index (χ1n) is 11.3. The Morgan fingerprint density at radius 1 is 1.14 bits per heavy atom. The number of pyridine rings is 1. The molecule has 2 N–H and O–H groups in total. The van der Waals surface area contributed by atoms with Gasteiger partial charge in [-0.25, -0.2) is 23.7 Å². The van der Waals surface area contributed by atoms with Crippen molar-refractivity contribution in [3.8, 4) is 17.5 Å². The van der Waals surface area contributed by atoms with Crippen LogP contribution in [0.5, 0.6) is 0 Å². The highest BCUT2D eigenvalue weighted by atomic mass is 19.3. The molecule has 0 aliphatic carbocycles. The molecule has 1 aliphatic heterocycles. The summed E-state index contributed by atoms with van der Waals surface area (Å²) in [6.45, 7) is 4.03. The smallest absolute Gasteiger partial charge is 0.267 e. The van der Waals surface area contributed by atoms with Crippen LogP contribution in [0.2, 0.25) is 0 Å². The predicted octanol–water partition coefficient (Wildman–Crippen LogP) is 4.50. The quantitative estimate of drug-likeness (QED) is 0.407. The molecule has 3 aromatic heterocycles. The molecule has 0 saturated carbocycles. The zero-order valence-electron chi connectivity index (χ0n) is 19.3. The molecule has 0 spiro atoms. The van der Waals surface area contributed by atoms with Gasteiger partial charge in [0, 0.05) is 25.0 Å². The van der Waals surface area contributed by atoms with Gasteiger partial charge in [0.05, 0.1) is 41.3 Å². The number of likely N-dealkylation sites (N-methyl/N-ethyl adjacent to an activating group) is 1. The average Bonchev–Trinajstić information content (AvgIpc) is 3.27. The second kappa shape index (κ2) is 9.27. The Balaban J connectivity index is 1.42. The van der Waals surface area contributed by atoms with Crippen LogP contribution in [0.25, 0.3) is 17.0 Å². The first-order valence-corrected chi connectivity index (χ1v) is 11.3. The van der Waals surface area contributed by atoms with Crippen LogP contribution in [0.3, 0.4) is 0 Å². The highest BCUT2D eigenvalue weighted by Crippen LogP contribution is 2.29. The first-order chi connectivity index (χ1) is 16.9. The lowest BCUT2D eigenvalue weighted by Gasteiger charge is -2.37. The third kappa shape index (κ3) is 4.50. The topological polar surface area (TPSA) is 94.2 Å². The van der Waals surface area contributed by atoms with Crippen molar-refractivity contribution in [3.63, 3.8) is 0 Å². The van der Waals surface area contributed by atoms with Crippen LogP contribution in [0, 0.1) is 11.3 Å². The molecule has 1 saturated heterocycles. The van der Waals surface area contributed by atoms with Gasteiger partial charge in [-0.1, -0.05) is 12.1 Å². The van der Waals surface area contributed by atoms with Crippen molar-refractivity contribution in [1.82, 2.24) is 24.3 Å². The van der Waals surface area contributed by atoms with E-state index in [9.17, 15) is 14.0 Å². The minimum Gasteiger partial charge on any atom is -0.380 e. The Hall–Kier alpha value is -4.10. The maximum atomic E-state index is 13.4. The van der Waals surface area contributed by atoms with E-state index >= 15 is 0 Å². The number of benzene rings is 1. The van der Waals surface area contributed by atoms with Gasteiger partial charge >= 0.3 is 0 Å². The minimum atomic E-state index is -2.66. The van der Waals surface area contributed by atoms with Crippen LogP contribution in [-0.4, -0.2) is 50.4 Å². The van der Waals surface area contributed by atoms with Crippen molar-refractivity contribution in [2.45, 2.75) is 25.4 Å². The summed E-state index contributed by atoms with van der Waals surface area (Å²) in [4.78, 5) is 15.3. The first kappa shape index (κ1) is 22.7. The Morgan fingerprint density at radius 3 is 2.71 bits per heavy atom. The van der Waals surface area contributed by atoms with Crippen LogP contribution < -0.4 is 10.6 Å². The standard InChI is InChI=1S/C25H24F2N8/c1-15(16-5-3-6-18(9-16)32-19-13-34(2)14-19)31-25-30-11-17(10-28)22(33-25)21-12-29-24-20(23(26)27)7-4-8-35(21)24/h3-9,11-12,15,19,23,32H,13-14H2,1-2H3,(H,30,31,33)/t15-/m0/s1. The predicted molar refractivity (Wildman–Crippen MR) is 129 cm³/mol. The van der Waals surface area contributed by atoms with Crippen LogP contribution in [0.1, 0.15) is 36.1 Å². The van der Waals surface area contributed by atoms with Crippen LogP contribution >= 0.6 is 0 Å². The third-order valence-electron chi connectivity index (χ3n) is 6.12. The fourth-order valence-electron chi connectivity index (χ4n) is 4.31. The van der Waals surface area contributed by atoms with E-state index < -0.39 is 6.43 Å². The molecule has 178 valence electrons. The van der Waals surface area contributed by atoms with E-state index in [1.54, 1.807) is 6.20 Å². The van der Waals surface area contributed by atoms with E-state index in [0.717, 1.165) is 24.3 Å². The number of aromatic nitrogens is 4. The Morgan fingerprint density at radius 2 is 1.97 bits per heavy atom. The fourth-order valence-corrected chi connectivity index (χ4v) is 4.31. The van der Waals surface area contributed by atoms with Gasteiger partial charge in [-0.15, -0.1) is 0 Å². The second-order valence-electron chi connectivity index (χ2n) is 8.72. The second-order valence-corrected chi connectivity index (χ2v) is 8.72. The maximum Gasteiger partial charge on any atom is 0.267 e. The summed E-state index contributed by atoms with van der Waals surface area (Å²) < 4.78 is 28.3. The number of hydrogen-bond acceptors (Lipinski definition) is 7. The largest absolute Gasteiger partial charge is 0.380 e. The van der Waals surface area contributed by atoms with Gasteiger partial charge in [0.25, 0.3) is 6.43 Å². The molecule has 35 heavy (non-hydrogen) atoms. The lowest BCUT2D eigenvalue weighted by Crippen LogP contribution is -2.52. The maximum absolute atomic E-state index is 13.4. The summed E-state index contributed by atoms with van der Waals surface area (Å²) in [6.07, 6.45) is 1.84. The highest BCUT2D eigenvalue weighted by molar-refractivity contribution is 5.68. The summed E-state index contributed by atoms with van der Waals surface area (Å²) in [5.74, 6) is 0.324. The van der Waals surface area contributed by atoms with Gasteiger partial charge in [-0.3, -0.25) is 4.40 Å². The highest BCUT2D eigenvalue weighted by Gasteiger charge is 2.23. The number of halogens is 2. The molecule has 1 aliphatic rings. The molecular formula is C25H24F2N8. The molecule has 4 aromatic rings. The summed E-state index contributed by atoms with van der Waals surface area (Å²) in [6, 6.07) is 13.4. The number of anilines is 2. The lowest BCUT2D eigenvalue weighted by molar-refractivity contribution is 0.152. The number of hydrogen-bond donors (Lipinski definition) is 2. The van der Waals surface area contributed by atoms with Gasteiger partial charge in [0.2, 0.25) is 5.95 Å². The molecule has 5 rings (SSSR count). The van der Waals surface area contributed by atoms with E-state index in [1.807, 2.05) is 25.1 Å². The minimum absolute atomic E-state index is 0.116. The van der Waals surface area contributed by atoms with Crippen molar-refractivity contribution in [1.29, 1.82) is 5.26 Å². The van der Waals surface area contributed by atoms with Crippen molar-refractivity contribution in [3.05, 3.63) is 71.7 Å².